The third kappa shape index (κ3) is 3.36. The minimum atomic E-state index is -0.306. The standard InChI is InChI=1S/C20H19FN6O/c1-12(2)14-10-24-19(25-18(14)22)16-9-17(20-23-7-8-28-20)27(26-16)11-13-5-3-4-6-15(13)21/h3-10,12H,11H2,1-2H3,(H2,22,24,25). The molecule has 7 nitrogen and oxygen atoms in total. The van der Waals surface area contributed by atoms with Crippen molar-refractivity contribution in [2.45, 2.75) is 26.3 Å². The number of nitrogens with zero attached hydrogens (tertiary/aromatic N) is 5. The molecule has 0 aliphatic rings. The molecule has 0 spiro atoms. The zero-order chi connectivity index (χ0) is 19.7. The highest BCUT2D eigenvalue weighted by atomic mass is 19.1. The lowest BCUT2D eigenvalue weighted by Crippen LogP contribution is -2.06. The van der Waals surface area contributed by atoms with Crippen LogP contribution in [0, 0.1) is 5.82 Å². The molecule has 3 heterocycles. The van der Waals surface area contributed by atoms with Gasteiger partial charge < -0.3 is 10.2 Å². The van der Waals surface area contributed by atoms with E-state index < -0.39 is 0 Å². The predicted molar refractivity (Wildman–Crippen MR) is 103 cm³/mol. The molecule has 1 aromatic carbocycles. The number of aromatic nitrogens is 5. The number of anilines is 1. The van der Waals surface area contributed by atoms with Gasteiger partial charge in [0.05, 0.1) is 12.7 Å². The molecule has 0 bridgehead atoms. The van der Waals surface area contributed by atoms with Crippen LogP contribution < -0.4 is 5.73 Å². The first-order valence-corrected chi connectivity index (χ1v) is 8.87. The van der Waals surface area contributed by atoms with E-state index in [2.05, 4.69) is 20.1 Å². The Bertz CT molecular complexity index is 1100. The molecule has 8 heteroatoms. The third-order valence-electron chi connectivity index (χ3n) is 4.41. The van der Waals surface area contributed by atoms with Crippen LogP contribution >= 0.6 is 0 Å². The zero-order valence-electron chi connectivity index (χ0n) is 15.5. The Morgan fingerprint density at radius 2 is 2.04 bits per heavy atom. The van der Waals surface area contributed by atoms with Gasteiger partial charge in [0.2, 0.25) is 5.89 Å². The first kappa shape index (κ1) is 17.8. The summed E-state index contributed by atoms with van der Waals surface area (Å²) in [6.45, 7) is 4.26. The Labute approximate surface area is 161 Å². The van der Waals surface area contributed by atoms with Crippen molar-refractivity contribution in [1.82, 2.24) is 24.7 Å². The zero-order valence-corrected chi connectivity index (χ0v) is 15.5. The average molecular weight is 378 g/mol. The molecule has 28 heavy (non-hydrogen) atoms. The van der Waals surface area contributed by atoms with E-state index in [-0.39, 0.29) is 18.3 Å². The van der Waals surface area contributed by atoms with E-state index in [1.54, 1.807) is 41.3 Å². The van der Waals surface area contributed by atoms with E-state index >= 15 is 0 Å². The first-order valence-electron chi connectivity index (χ1n) is 8.87. The number of benzene rings is 1. The summed E-state index contributed by atoms with van der Waals surface area (Å²) < 4.78 is 21.2. The Kier molecular flexibility index (Phi) is 4.60. The van der Waals surface area contributed by atoms with Crippen LogP contribution in [0.1, 0.15) is 30.9 Å². The molecule has 2 N–H and O–H groups in total. The lowest BCUT2D eigenvalue weighted by atomic mass is 10.1. The Hall–Kier alpha value is -3.55. The van der Waals surface area contributed by atoms with Gasteiger partial charge in [-0.05, 0) is 12.0 Å². The fourth-order valence-corrected chi connectivity index (χ4v) is 2.93. The highest BCUT2D eigenvalue weighted by molar-refractivity contribution is 5.61. The van der Waals surface area contributed by atoms with Gasteiger partial charge in [0.15, 0.2) is 5.82 Å². The van der Waals surface area contributed by atoms with Gasteiger partial charge in [0, 0.05) is 23.4 Å². The topological polar surface area (TPSA) is 95.6 Å². The molecular formula is C20H19FN6O. The van der Waals surface area contributed by atoms with Crippen LogP contribution in [0.4, 0.5) is 10.2 Å². The van der Waals surface area contributed by atoms with Crippen LogP contribution in [0.15, 0.2) is 53.4 Å². The number of hydrogen-bond acceptors (Lipinski definition) is 6. The fourth-order valence-electron chi connectivity index (χ4n) is 2.93. The quantitative estimate of drug-likeness (QED) is 0.566. The summed E-state index contributed by atoms with van der Waals surface area (Å²) in [7, 11) is 0. The van der Waals surface area contributed by atoms with Gasteiger partial charge in [-0.25, -0.2) is 19.3 Å². The van der Waals surface area contributed by atoms with Crippen molar-refractivity contribution in [2.24, 2.45) is 0 Å². The number of halogens is 1. The smallest absolute Gasteiger partial charge is 0.244 e. The minimum absolute atomic E-state index is 0.212. The van der Waals surface area contributed by atoms with E-state index in [4.69, 9.17) is 10.2 Å². The average Bonchev–Trinajstić information content (AvgIpc) is 3.33. The van der Waals surface area contributed by atoms with Crippen LogP contribution in [0.2, 0.25) is 0 Å². The largest absolute Gasteiger partial charge is 0.443 e. The van der Waals surface area contributed by atoms with Crippen molar-refractivity contribution in [3.63, 3.8) is 0 Å². The molecule has 3 aromatic heterocycles. The van der Waals surface area contributed by atoms with Crippen molar-refractivity contribution in [3.05, 3.63) is 65.9 Å². The molecule has 0 unspecified atom stereocenters. The summed E-state index contributed by atoms with van der Waals surface area (Å²) in [5.74, 6) is 1.10. The summed E-state index contributed by atoms with van der Waals surface area (Å²) in [4.78, 5) is 13.0. The molecule has 0 amide bonds. The highest BCUT2D eigenvalue weighted by Gasteiger charge is 2.18. The van der Waals surface area contributed by atoms with Gasteiger partial charge in [-0.2, -0.15) is 5.10 Å². The molecule has 0 aliphatic carbocycles. The summed E-state index contributed by atoms with van der Waals surface area (Å²) in [6.07, 6.45) is 4.73. The molecule has 0 atom stereocenters. The van der Waals surface area contributed by atoms with E-state index in [0.717, 1.165) is 5.56 Å². The first-order chi connectivity index (χ1) is 13.5. The third-order valence-corrected chi connectivity index (χ3v) is 4.41. The summed E-state index contributed by atoms with van der Waals surface area (Å²) >= 11 is 0. The van der Waals surface area contributed by atoms with Crippen LogP contribution in [-0.4, -0.2) is 24.7 Å². The normalized spacial score (nSPS) is 11.3. The number of nitrogens with two attached hydrogens (primary N) is 1. The fraction of sp³-hybridized carbons (Fsp3) is 0.200. The van der Waals surface area contributed by atoms with Crippen molar-refractivity contribution < 1.29 is 8.81 Å². The maximum Gasteiger partial charge on any atom is 0.244 e. The van der Waals surface area contributed by atoms with Crippen LogP contribution in [0.25, 0.3) is 23.1 Å². The molecule has 0 radical (unpaired) electrons. The van der Waals surface area contributed by atoms with Crippen LogP contribution in [-0.2, 0) is 6.54 Å². The van der Waals surface area contributed by atoms with Crippen LogP contribution in [0.3, 0.4) is 0 Å². The van der Waals surface area contributed by atoms with Crippen molar-refractivity contribution in [2.75, 3.05) is 5.73 Å². The Morgan fingerprint density at radius 1 is 1.21 bits per heavy atom. The second kappa shape index (κ2) is 7.22. The van der Waals surface area contributed by atoms with Crippen molar-refractivity contribution in [1.29, 1.82) is 0 Å². The lowest BCUT2D eigenvalue weighted by molar-refractivity contribution is 0.553. The molecular weight excluding hydrogens is 359 g/mol. The molecule has 0 saturated heterocycles. The molecule has 0 fully saturated rings. The maximum atomic E-state index is 14.1. The van der Waals surface area contributed by atoms with Crippen molar-refractivity contribution in [3.8, 4) is 23.1 Å². The predicted octanol–water partition coefficient (Wildman–Crippen LogP) is 3.89. The summed E-state index contributed by atoms with van der Waals surface area (Å²) in [6, 6.07) is 8.31. The highest BCUT2D eigenvalue weighted by Crippen LogP contribution is 2.27. The van der Waals surface area contributed by atoms with Crippen LogP contribution in [0.5, 0.6) is 0 Å². The van der Waals surface area contributed by atoms with E-state index in [1.165, 1.54) is 12.3 Å². The molecule has 4 aromatic rings. The van der Waals surface area contributed by atoms with Gasteiger partial charge in [0.25, 0.3) is 0 Å². The van der Waals surface area contributed by atoms with Gasteiger partial charge in [-0.3, -0.25) is 4.68 Å². The number of nitrogen functional groups attached to an aromatic ring is 1. The van der Waals surface area contributed by atoms with Crippen molar-refractivity contribution >= 4 is 5.82 Å². The summed E-state index contributed by atoms with van der Waals surface area (Å²) in [5, 5.41) is 4.56. The van der Waals surface area contributed by atoms with Gasteiger partial charge in [-0.15, -0.1) is 0 Å². The van der Waals surface area contributed by atoms with Gasteiger partial charge >= 0.3 is 0 Å². The summed E-state index contributed by atoms with van der Waals surface area (Å²) in [5.41, 5.74) is 8.56. The SMILES string of the molecule is CC(C)c1cnc(-c2cc(-c3ncco3)n(Cc3ccccc3F)n2)nc1N. The number of hydrogen-bond donors (Lipinski definition) is 1. The monoisotopic (exact) mass is 378 g/mol. The molecule has 0 saturated carbocycles. The second-order valence-electron chi connectivity index (χ2n) is 6.69. The minimum Gasteiger partial charge on any atom is -0.443 e. The van der Waals surface area contributed by atoms with E-state index in [1.807, 2.05) is 13.8 Å². The second-order valence-corrected chi connectivity index (χ2v) is 6.69. The molecule has 4 rings (SSSR count). The molecule has 0 aliphatic heterocycles. The maximum absolute atomic E-state index is 14.1. The van der Waals surface area contributed by atoms with Gasteiger partial charge in [-0.1, -0.05) is 32.0 Å². The number of rotatable bonds is 5. The van der Waals surface area contributed by atoms with Gasteiger partial charge in [0.1, 0.15) is 29.3 Å². The van der Waals surface area contributed by atoms with E-state index in [0.29, 0.717) is 34.5 Å². The Morgan fingerprint density at radius 3 is 2.71 bits per heavy atom. The van der Waals surface area contributed by atoms with E-state index in [9.17, 15) is 4.39 Å². The Balaban J connectivity index is 1.78. The molecule has 142 valence electrons. The number of oxazole rings is 1. The lowest BCUT2D eigenvalue weighted by Gasteiger charge is -2.08.